The average Bonchev–Trinajstić information content (AvgIpc) is 2.35. The molecule has 2 N–H and O–H groups in total. The zero-order valence-electron chi connectivity index (χ0n) is 10.2. The molecule has 0 radical (unpaired) electrons. The molecular weight excluding hydrogens is 221 g/mol. The average molecular weight is 239 g/mol. The molecule has 94 valence electrons. The number of carbonyl (C=O) groups is 1. The van der Waals surface area contributed by atoms with Crippen LogP contribution in [0.5, 0.6) is 5.75 Å². The van der Waals surface area contributed by atoms with Crippen LogP contribution in [0.4, 0.5) is 4.39 Å². The monoisotopic (exact) mass is 239 g/mol. The molecule has 0 aliphatic heterocycles. The number of hydrogen-bond donors (Lipinski definition) is 1. The highest BCUT2D eigenvalue weighted by Gasteiger charge is 2.20. The Bertz CT molecular complexity index is 393. The van der Waals surface area contributed by atoms with Crippen LogP contribution in [-0.4, -0.2) is 19.4 Å². The molecule has 1 atom stereocenters. The number of nitrogens with two attached hydrogens (primary N) is 1. The molecule has 3 nitrogen and oxygen atoms in total. The Hall–Kier alpha value is -1.42. The largest absolute Gasteiger partial charge is 0.494 e. The van der Waals surface area contributed by atoms with Crippen molar-refractivity contribution in [3.63, 3.8) is 0 Å². The van der Waals surface area contributed by atoms with Crippen LogP contribution in [0.1, 0.15) is 30.1 Å². The summed E-state index contributed by atoms with van der Waals surface area (Å²) in [6, 6.07) is 4.60. The number of benzene rings is 1. The first-order valence-corrected chi connectivity index (χ1v) is 5.68. The van der Waals surface area contributed by atoms with Crippen LogP contribution >= 0.6 is 0 Å². The van der Waals surface area contributed by atoms with Crippen molar-refractivity contribution in [1.82, 2.24) is 0 Å². The van der Waals surface area contributed by atoms with E-state index in [9.17, 15) is 9.18 Å². The molecule has 1 unspecified atom stereocenters. The van der Waals surface area contributed by atoms with Crippen molar-refractivity contribution in [2.45, 2.75) is 19.8 Å². The molecule has 1 aromatic carbocycles. The third-order valence-electron chi connectivity index (χ3n) is 2.74. The molecule has 0 aliphatic rings. The van der Waals surface area contributed by atoms with E-state index in [4.69, 9.17) is 10.5 Å². The summed E-state index contributed by atoms with van der Waals surface area (Å²) in [5, 5.41) is 0. The molecule has 1 rings (SSSR count). The summed E-state index contributed by atoms with van der Waals surface area (Å²) >= 11 is 0. The lowest BCUT2D eigenvalue weighted by Crippen LogP contribution is -2.15. The fourth-order valence-electron chi connectivity index (χ4n) is 1.68. The van der Waals surface area contributed by atoms with E-state index in [-0.39, 0.29) is 23.0 Å². The van der Waals surface area contributed by atoms with Crippen molar-refractivity contribution >= 4 is 5.78 Å². The Morgan fingerprint density at radius 2 is 2.24 bits per heavy atom. The number of halogens is 1. The lowest BCUT2D eigenvalue weighted by Gasteiger charge is -2.11. The molecule has 0 fully saturated rings. The topological polar surface area (TPSA) is 52.3 Å². The Kier molecular flexibility index (Phi) is 5.10. The minimum absolute atomic E-state index is 0.0915. The van der Waals surface area contributed by atoms with Gasteiger partial charge in [0.25, 0.3) is 0 Å². The van der Waals surface area contributed by atoms with Gasteiger partial charge in [0, 0.05) is 5.92 Å². The van der Waals surface area contributed by atoms with Gasteiger partial charge in [-0.2, -0.15) is 0 Å². The number of hydrogen-bond acceptors (Lipinski definition) is 3. The van der Waals surface area contributed by atoms with Crippen LogP contribution in [0.3, 0.4) is 0 Å². The lowest BCUT2D eigenvalue weighted by atomic mass is 9.94. The summed E-state index contributed by atoms with van der Waals surface area (Å²) in [5.41, 5.74) is 5.48. The third kappa shape index (κ3) is 3.27. The molecule has 17 heavy (non-hydrogen) atoms. The highest BCUT2D eigenvalue weighted by molar-refractivity contribution is 5.98. The summed E-state index contributed by atoms with van der Waals surface area (Å²) in [6.45, 7) is 2.33. The predicted molar refractivity (Wildman–Crippen MR) is 64.7 cm³/mol. The van der Waals surface area contributed by atoms with Crippen LogP contribution in [0, 0.1) is 11.7 Å². The van der Waals surface area contributed by atoms with Gasteiger partial charge in [-0.1, -0.05) is 13.0 Å². The van der Waals surface area contributed by atoms with E-state index in [0.29, 0.717) is 13.0 Å². The standard InChI is InChI=1S/C13H18FNO2/c1-9(5-4-8-15)13(16)10-6-3-7-11(17-2)12(10)14/h3,6-7,9H,4-5,8,15H2,1-2H3. The summed E-state index contributed by atoms with van der Waals surface area (Å²) < 4.78 is 18.7. The van der Waals surface area contributed by atoms with E-state index in [0.717, 1.165) is 6.42 Å². The van der Waals surface area contributed by atoms with Gasteiger partial charge in [0.15, 0.2) is 17.3 Å². The molecule has 0 aliphatic carbocycles. The molecule has 0 bridgehead atoms. The maximum atomic E-state index is 13.8. The van der Waals surface area contributed by atoms with Crippen LogP contribution in [0.15, 0.2) is 18.2 Å². The number of carbonyl (C=O) groups excluding carboxylic acids is 1. The van der Waals surface area contributed by atoms with E-state index >= 15 is 0 Å². The Morgan fingerprint density at radius 3 is 2.82 bits per heavy atom. The Balaban J connectivity index is 2.88. The van der Waals surface area contributed by atoms with E-state index in [1.165, 1.54) is 19.2 Å². The summed E-state index contributed by atoms with van der Waals surface area (Å²) in [5.74, 6) is -0.906. The smallest absolute Gasteiger partial charge is 0.175 e. The molecule has 4 heteroatoms. The number of rotatable bonds is 6. The Morgan fingerprint density at radius 1 is 1.53 bits per heavy atom. The van der Waals surface area contributed by atoms with Crippen molar-refractivity contribution in [3.8, 4) is 5.75 Å². The minimum atomic E-state index is -0.584. The van der Waals surface area contributed by atoms with Gasteiger partial charge in [0.05, 0.1) is 12.7 Å². The van der Waals surface area contributed by atoms with Gasteiger partial charge in [-0.05, 0) is 31.5 Å². The van der Waals surface area contributed by atoms with Crippen LogP contribution in [0.25, 0.3) is 0 Å². The second-order valence-corrected chi connectivity index (χ2v) is 4.02. The molecule has 0 aromatic heterocycles. The second-order valence-electron chi connectivity index (χ2n) is 4.02. The first-order chi connectivity index (χ1) is 8.11. The van der Waals surface area contributed by atoms with Gasteiger partial charge in [-0.25, -0.2) is 4.39 Å². The second kappa shape index (κ2) is 6.35. The summed E-state index contributed by atoms with van der Waals surface area (Å²) in [7, 11) is 1.38. The minimum Gasteiger partial charge on any atom is -0.494 e. The van der Waals surface area contributed by atoms with Gasteiger partial charge in [0.1, 0.15) is 0 Å². The third-order valence-corrected chi connectivity index (χ3v) is 2.74. The van der Waals surface area contributed by atoms with Crippen LogP contribution in [0.2, 0.25) is 0 Å². The molecular formula is C13H18FNO2. The van der Waals surface area contributed by atoms with E-state index < -0.39 is 5.82 Å². The van der Waals surface area contributed by atoms with Crippen molar-refractivity contribution < 1.29 is 13.9 Å². The van der Waals surface area contributed by atoms with Crippen LogP contribution in [-0.2, 0) is 0 Å². The highest BCUT2D eigenvalue weighted by Crippen LogP contribution is 2.23. The van der Waals surface area contributed by atoms with Crippen LogP contribution < -0.4 is 10.5 Å². The first kappa shape index (κ1) is 13.6. The van der Waals surface area contributed by atoms with Gasteiger partial charge in [0.2, 0.25) is 0 Å². The van der Waals surface area contributed by atoms with E-state index in [1.54, 1.807) is 13.0 Å². The van der Waals surface area contributed by atoms with Gasteiger partial charge in [-0.15, -0.1) is 0 Å². The van der Waals surface area contributed by atoms with E-state index in [1.807, 2.05) is 0 Å². The highest BCUT2D eigenvalue weighted by atomic mass is 19.1. The van der Waals surface area contributed by atoms with Crippen molar-refractivity contribution in [1.29, 1.82) is 0 Å². The number of methoxy groups -OCH3 is 1. The van der Waals surface area contributed by atoms with Crippen molar-refractivity contribution in [2.24, 2.45) is 11.7 Å². The van der Waals surface area contributed by atoms with Crippen molar-refractivity contribution in [2.75, 3.05) is 13.7 Å². The molecule has 0 saturated carbocycles. The quantitative estimate of drug-likeness (QED) is 0.775. The van der Waals surface area contributed by atoms with Gasteiger partial charge < -0.3 is 10.5 Å². The molecule has 0 amide bonds. The fraction of sp³-hybridized carbons (Fsp3) is 0.462. The lowest BCUT2D eigenvalue weighted by molar-refractivity contribution is 0.0918. The predicted octanol–water partition coefficient (Wildman–Crippen LogP) is 2.39. The zero-order valence-corrected chi connectivity index (χ0v) is 10.2. The maximum Gasteiger partial charge on any atom is 0.175 e. The maximum absolute atomic E-state index is 13.8. The first-order valence-electron chi connectivity index (χ1n) is 5.68. The zero-order chi connectivity index (χ0) is 12.8. The fourth-order valence-corrected chi connectivity index (χ4v) is 1.68. The molecule has 0 heterocycles. The molecule has 0 saturated heterocycles. The number of Topliss-reactive ketones (excluding diaryl/α,β-unsaturated/α-hetero) is 1. The SMILES string of the molecule is COc1cccc(C(=O)C(C)CCCN)c1F. The van der Waals surface area contributed by atoms with Gasteiger partial charge >= 0.3 is 0 Å². The normalized spacial score (nSPS) is 12.2. The van der Waals surface area contributed by atoms with Crippen molar-refractivity contribution in [3.05, 3.63) is 29.6 Å². The molecule has 0 spiro atoms. The summed E-state index contributed by atoms with van der Waals surface area (Å²) in [6.07, 6.45) is 1.43. The molecule has 1 aromatic rings. The van der Waals surface area contributed by atoms with Gasteiger partial charge in [-0.3, -0.25) is 4.79 Å². The number of ketones is 1. The Labute approximate surface area is 101 Å². The van der Waals surface area contributed by atoms with E-state index in [2.05, 4.69) is 0 Å². The number of ether oxygens (including phenoxy) is 1. The summed E-state index contributed by atoms with van der Waals surface area (Å²) in [4.78, 5) is 12.0.